The molecule has 9 heteroatoms. The summed E-state index contributed by atoms with van der Waals surface area (Å²) < 4.78 is 10.4. The highest BCUT2D eigenvalue weighted by Gasteiger charge is 2.15. The van der Waals surface area contributed by atoms with Crippen LogP contribution in [0.15, 0.2) is 91.1 Å². The summed E-state index contributed by atoms with van der Waals surface area (Å²) in [5.41, 5.74) is 2.23. The van der Waals surface area contributed by atoms with Crippen LogP contribution in [0.4, 0.5) is 11.6 Å². The number of para-hydroxylation sites is 2. The molecule has 2 aromatic heterocycles. The van der Waals surface area contributed by atoms with E-state index in [1.807, 2.05) is 48.5 Å². The molecule has 0 aliphatic heterocycles. The van der Waals surface area contributed by atoms with Gasteiger partial charge in [-0.2, -0.15) is 5.10 Å². The van der Waals surface area contributed by atoms with Crippen molar-refractivity contribution >= 4 is 35.0 Å². The van der Waals surface area contributed by atoms with Crippen molar-refractivity contribution in [2.75, 3.05) is 19.5 Å². The number of hydrogen-bond donors (Lipinski definition) is 4. The number of hydrogen-bond acceptors (Lipinski definition) is 7. The maximum atomic E-state index is 8.81. The van der Waals surface area contributed by atoms with Gasteiger partial charge in [-0.1, -0.05) is 54.6 Å². The van der Waals surface area contributed by atoms with E-state index in [9.17, 15) is 0 Å². The summed E-state index contributed by atoms with van der Waals surface area (Å²) in [5, 5.41) is 29.9. The number of benzene rings is 3. The van der Waals surface area contributed by atoms with Crippen LogP contribution in [0.1, 0.15) is 0 Å². The number of ether oxygens (including phenoxy) is 2. The van der Waals surface area contributed by atoms with E-state index in [1.54, 1.807) is 37.6 Å². The number of aromatic amines is 1. The molecule has 4 N–H and O–H groups in total. The fraction of sp³-hybridized carbons (Fsp3) is 0.0769. The Balaban J connectivity index is 0.000000221. The molecule has 35 heavy (non-hydrogen) atoms. The monoisotopic (exact) mass is 468 g/mol. The quantitative estimate of drug-likeness (QED) is 0.281. The van der Waals surface area contributed by atoms with Crippen molar-refractivity contribution in [3.63, 3.8) is 0 Å². The zero-order valence-corrected chi connectivity index (χ0v) is 19.3. The molecule has 176 valence electrons. The second-order valence-electron chi connectivity index (χ2n) is 7.49. The highest BCUT2D eigenvalue weighted by atomic mass is 16.5. The minimum Gasteiger partial charge on any atom is -0.497 e. The van der Waals surface area contributed by atoms with Crippen molar-refractivity contribution < 1.29 is 19.5 Å². The van der Waals surface area contributed by atoms with Crippen LogP contribution in [0.3, 0.4) is 0 Å². The fourth-order valence-corrected chi connectivity index (χ4v) is 3.65. The minimum atomic E-state index is -1.47. The van der Waals surface area contributed by atoms with Crippen molar-refractivity contribution in [3.8, 4) is 22.8 Å². The molecule has 0 spiro atoms. The Labute approximate surface area is 203 Å². The molecule has 0 saturated heterocycles. The Morgan fingerprint density at radius 2 is 1.51 bits per heavy atom. The summed E-state index contributed by atoms with van der Waals surface area (Å²) in [6, 6.07) is 26.8. The number of rotatable bonds is 6. The lowest BCUT2D eigenvalue weighted by Crippen LogP contribution is -2.30. The van der Waals surface area contributed by atoms with Gasteiger partial charge in [-0.05, 0) is 29.7 Å². The highest BCUT2D eigenvalue weighted by Crippen LogP contribution is 2.35. The van der Waals surface area contributed by atoms with Crippen LogP contribution in [0.25, 0.3) is 22.0 Å². The van der Waals surface area contributed by atoms with E-state index in [-0.39, 0.29) is 0 Å². The van der Waals surface area contributed by atoms with Gasteiger partial charge in [0.2, 0.25) is 0 Å². The SMILES string of the molecule is COc1ccccc1-c1nc(Nc2ccn[nH]2)cc2ccccc12.COc1ccccc1B(O)O. The van der Waals surface area contributed by atoms with E-state index in [2.05, 4.69) is 27.6 Å². The third-order valence-corrected chi connectivity index (χ3v) is 5.28. The first kappa shape index (κ1) is 23.8. The average Bonchev–Trinajstić information content (AvgIpc) is 3.41. The fourth-order valence-electron chi connectivity index (χ4n) is 3.65. The van der Waals surface area contributed by atoms with Crippen molar-refractivity contribution in [1.82, 2.24) is 15.2 Å². The first-order valence-electron chi connectivity index (χ1n) is 10.9. The van der Waals surface area contributed by atoms with E-state index in [0.717, 1.165) is 39.4 Å². The molecule has 0 bridgehead atoms. The molecule has 5 rings (SSSR count). The Bertz CT molecular complexity index is 1390. The van der Waals surface area contributed by atoms with E-state index in [0.29, 0.717) is 11.2 Å². The molecule has 0 aliphatic rings. The van der Waals surface area contributed by atoms with E-state index in [4.69, 9.17) is 24.5 Å². The van der Waals surface area contributed by atoms with Crippen LogP contribution in [-0.2, 0) is 0 Å². The first-order chi connectivity index (χ1) is 17.1. The minimum absolute atomic E-state index is 0.384. The average molecular weight is 468 g/mol. The van der Waals surface area contributed by atoms with Crippen molar-refractivity contribution in [1.29, 1.82) is 0 Å². The van der Waals surface area contributed by atoms with Crippen LogP contribution >= 0.6 is 0 Å². The van der Waals surface area contributed by atoms with Crippen LogP contribution in [-0.4, -0.2) is 46.6 Å². The molecule has 3 aromatic carbocycles. The summed E-state index contributed by atoms with van der Waals surface area (Å²) in [7, 11) is 1.70. The second kappa shape index (κ2) is 11.2. The van der Waals surface area contributed by atoms with Crippen LogP contribution in [0, 0.1) is 0 Å². The zero-order chi connectivity index (χ0) is 24.6. The third kappa shape index (κ3) is 5.60. The molecular weight excluding hydrogens is 443 g/mol. The van der Waals surface area contributed by atoms with Gasteiger partial charge in [0.1, 0.15) is 23.1 Å². The molecule has 5 aromatic rings. The molecule has 2 heterocycles. The third-order valence-electron chi connectivity index (χ3n) is 5.28. The molecule has 0 aliphatic carbocycles. The second-order valence-corrected chi connectivity index (χ2v) is 7.49. The van der Waals surface area contributed by atoms with Gasteiger partial charge in [-0.3, -0.25) is 5.10 Å². The topological polar surface area (TPSA) is 113 Å². The summed E-state index contributed by atoms with van der Waals surface area (Å²) in [5.74, 6) is 2.83. The van der Waals surface area contributed by atoms with Crippen LogP contribution < -0.4 is 20.3 Å². The van der Waals surface area contributed by atoms with Crippen LogP contribution in [0.5, 0.6) is 11.5 Å². The molecule has 8 nitrogen and oxygen atoms in total. The molecular formula is C26H25BN4O4. The molecule has 0 amide bonds. The highest BCUT2D eigenvalue weighted by molar-refractivity contribution is 6.59. The maximum Gasteiger partial charge on any atom is 0.492 e. The maximum absolute atomic E-state index is 8.81. The first-order valence-corrected chi connectivity index (χ1v) is 10.9. The Morgan fingerprint density at radius 3 is 2.20 bits per heavy atom. The van der Waals surface area contributed by atoms with Gasteiger partial charge < -0.3 is 24.8 Å². The van der Waals surface area contributed by atoms with Crippen molar-refractivity contribution in [3.05, 3.63) is 91.1 Å². The zero-order valence-electron chi connectivity index (χ0n) is 19.3. The number of H-pyrrole nitrogens is 1. The van der Waals surface area contributed by atoms with Gasteiger partial charge in [-0.15, -0.1) is 0 Å². The molecule has 0 unspecified atom stereocenters. The van der Waals surface area contributed by atoms with E-state index >= 15 is 0 Å². The normalized spacial score (nSPS) is 10.3. The Hall–Kier alpha value is -4.34. The predicted octanol–water partition coefficient (Wildman–Crippen LogP) is 3.75. The number of nitrogens with one attached hydrogen (secondary N) is 2. The van der Waals surface area contributed by atoms with Crippen molar-refractivity contribution in [2.45, 2.75) is 0 Å². The van der Waals surface area contributed by atoms with Gasteiger partial charge in [0.05, 0.1) is 26.1 Å². The largest absolute Gasteiger partial charge is 0.497 e. The number of methoxy groups -OCH3 is 2. The Kier molecular flexibility index (Phi) is 7.61. The summed E-state index contributed by atoms with van der Waals surface area (Å²) in [6.07, 6.45) is 1.70. The number of anilines is 2. The molecule has 0 atom stereocenters. The lowest BCUT2D eigenvalue weighted by Gasteiger charge is -2.13. The number of fused-ring (bicyclic) bond motifs is 1. The van der Waals surface area contributed by atoms with Crippen LogP contribution in [0.2, 0.25) is 0 Å². The lowest BCUT2D eigenvalue weighted by atomic mass is 9.80. The van der Waals surface area contributed by atoms with E-state index < -0.39 is 7.12 Å². The van der Waals surface area contributed by atoms with Gasteiger partial charge in [-0.25, -0.2) is 4.98 Å². The van der Waals surface area contributed by atoms with Gasteiger partial charge in [0, 0.05) is 22.5 Å². The number of aromatic nitrogens is 3. The summed E-state index contributed by atoms with van der Waals surface area (Å²) in [4.78, 5) is 4.82. The van der Waals surface area contributed by atoms with Crippen molar-refractivity contribution in [2.24, 2.45) is 0 Å². The molecule has 0 fully saturated rings. The standard InChI is InChI=1S/C19H16N4O.C7H9BO3/c1-24-16-9-5-4-8-15(16)19-14-7-3-2-6-13(14)12-18(22-19)21-17-10-11-20-23-17;1-11-7-5-3-2-4-6(7)8(9)10/h2-12H,1H3,(H2,20,21,22,23);2-5,9-10H,1H3. The van der Waals surface area contributed by atoms with Gasteiger partial charge >= 0.3 is 7.12 Å². The summed E-state index contributed by atoms with van der Waals surface area (Å²) in [6.45, 7) is 0. The predicted molar refractivity (Wildman–Crippen MR) is 138 cm³/mol. The van der Waals surface area contributed by atoms with Gasteiger partial charge in [0.15, 0.2) is 0 Å². The van der Waals surface area contributed by atoms with E-state index in [1.165, 1.54) is 7.11 Å². The number of nitrogens with zero attached hydrogens (tertiary/aromatic N) is 2. The Morgan fingerprint density at radius 1 is 0.829 bits per heavy atom. The summed E-state index contributed by atoms with van der Waals surface area (Å²) >= 11 is 0. The lowest BCUT2D eigenvalue weighted by molar-refractivity contribution is 0.403. The molecule has 0 radical (unpaired) electrons. The van der Waals surface area contributed by atoms with Gasteiger partial charge in [0.25, 0.3) is 0 Å². The number of pyridine rings is 1. The smallest absolute Gasteiger partial charge is 0.492 e. The molecule has 0 saturated carbocycles.